The molecule has 2 aromatic rings. The Labute approximate surface area is 101 Å². The van der Waals surface area contributed by atoms with Crippen molar-refractivity contribution in [1.82, 2.24) is 0 Å². The Morgan fingerprint density at radius 1 is 1.00 bits per heavy atom. The molecule has 0 saturated carbocycles. The predicted molar refractivity (Wildman–Crippen MR) is 68.7 cm³/mol. The predicted octanol–water partition coefficient (Wildman–Crippen LogP) is 3.38. The molecule has 0 unspecified atom stereocenters. The van der Waals surface area contributed by atoms with Gasteiger partial charge in [-0.3, -0.25) is 0 Å². The van der Waals surface area contributed by atoms with Gasteiger partial charge in [-0.1, -0.05) is 18.2 Å². The normalized spacial score (nSPS) is 10.0. The molecule has 0 aliphatic rings. The summed E-state index contributed by atoms with van der Waals surface area (Å²) in [4.78, 5) is 0. The van der Waals surface area contributed by atoms with E-state index in [0.29, 0.717) is 17.2 Å². The summed E-state index contributed by atoms with van der Waals surface area (Å²) < 4.78 is 10.9. The third kappa shape index (κ3) is 2.50. The second-order valence-electron chi connectivity index (χ2n) is 3.77. The second-order valence-corrected chi connectivity index (χ2v) is 3.77. The minimum atomic E-state index is 0.632. The number of hydrogen-bond acceptors (Lipinski definition) is 3. The van der Waals surface area contributed by atoms with Crippen LogP contribution in [0.2, 0.25) is 0 Å². The van der Waals surface area contributed by atoms with Crippen molar-refractivity contribution in [2.75, 3.05) is 12.8 Å². The molecule has 88 valence electrons. The molecule has 3 heteroatoms. The number of nitrogens with two attached hydrogens (primary N) is 1. The van der Waals surface area contributed by atoms with Gasteiger partial charge in [0.1, 0.15) is 11.5 Å². The van der Waals surface area contributed by atoms with Crippen molar-refractivity contribution in [3.63, 3.8) is 0 Å². The van der Waals surface area contributed by atoms with Gasteiger partial charge in [0.15, 0.2) is 5.75 Å². The van der Waals surface area contributed by atoms with Crippen LogP contribution in [0.15, 0.2) is 42.5 Å². The van der Waals surface area contributed by atoms with Gasteiger partial charge in [0.2, 0.25) is 0 Å². The number of rotatable bonds is 3. The Morgan fingerprint density at radius 3 is 2.41 bits per heavy atom. The maximum absolute atomic E-state index is 5.88. The highest BCUT2D eigenvalue weighted by Crippen LogP contribution is 2.31. The summed E-state index contributed by atoms with van der Waals surface area (Å²) in [5, 5.41) is 0. The SMILES string of the molecule is COc1cccc(Oc2c(C)cccc2N)c1. The average molecular weight is 229 g/mol. The van der Waals surface area contributed by atoms with Crippen LogP contribution in [0.25, 0.3) is 0 Å². The number of nitrogen functional groups attached to an aromatic ring is 1. The highest BCUT2D eigenvalue weighted by Gasteiger charge is 2.05. The van der Waals surface area contributed by atoms with Crippen molar-refractivity contribution >= 4 is 5.69 Å². The summed E-state index contributed by atoms with van der Waals surface area (Å²) in [6, 6.07) is 13.1. The van der Waals surface area contributed by atoms with Crippen LogP contribution >= 0.6 is 0 Å². The van der Waals surface area contributed by atoms with Crippen LogP contribution in [0.3, 0.4) is 0 Å². The fourth-order valence-electron chi connectivity index (χ4n) is 1.60. The van der Waals surface area contributed by atoms with Gasteiger partial charge in [-0.05, 0) is 30.7 Å². The summed E-state index contributed by atoms with van der Waals surface area (Å²) in [7, 11) is 1.63. The Kier molecular flexibility index (Phi) is 3.19. The Hall–Kier alpha value is -2.16. The lowest BCUT2D eigenvalue weighted by molar-refractivity contribution is 0.409. The fourth-order valence-corrected chi connectivity index (χ4v) is 1.60. The van der Waals surface area contributed by atoms with Crippen LogP contribution in [0, 0.1) is 6.92 Å². The van der Waals surface area contributed by atoms with E-state index in [1.807, 2.05) is 49.4 Å². The number of ether oxygens (including phenoxy) is 2. The molecule has 2 N–H and O–H groups in total. The van der Waals surface area contributed by atoms with Gasteiger partial charge < -0.3 is 15.2 Å². The van der Waals surface area contributed by atoms with Crippen molar-refractivity contribution in [3.8, 4) is 17.2 Å². The lowest BCUT2D eigenvalue weighted by Crippen LogP contribution is -1.94. The first kappa shape index (κ1) is 11.3. The zero-order chi connectivity index (χ0) is 12.3. The molecule has 0 aromatic heterocycles. The summed E-state index contributed by atoms with van der Waals surface area (Å²) in [5.41, 5.74) is 7.52. The molecule has 0 spiro atoms. The Bertz CT molecular complexity index is 503. The van der Waals surface area contributed by atoms with E-state index in [-0.39, 0.29) is 0 Å². The van der Waals surface area contributed by atoms with Gasteiger partial charge in [-0.2, -0.15) is 0 Å². The first-order valence-electron chi connectivity index (χ1n) is 5.37. The minimum absolute atomic E-state index is 0.632. The van der Waals surface area contributed by atoms with Gasteiger partial charge in [0, 0.05) is 6.07 Å². The number of para-hydroxylation sites is 1. The molecule has 0 aliphatic carbocycles. The van der Waals surface area contributed by atoms with Crippen LogP contribution < -0.4 is 15.2 Å². The van der Waals surface area contributed by atoms with Crippen LogP contribution in [0.4, 0.5) is 5.69 Å². The maximum atomic E-state index is 5.88. The van der Waals surface area contributed by atoms with Gasteiger partial charge in [0.05, 0.1) is 12.8 Å². The standard InChI is InChI=1S/C14H15NO2/c1-10-5-3-8-13(15)14(10)17-12-7-4-6-11(9-12)16-2/h3-9H,15H2,1-2H3. The average Bonchev–Trinajstić information content (AvgIpc) is 2.34. The number of methoxy groups -OCH3 is 1. The van der Waals surface area contributed by atoms with Crippen molar-refractivity contribution in [3.05, 3.63) is 48.0 Å². The van der Waals surface area contributed by atoms with E-state index in [9.17, 15) is 0 Å². The van der Waals surface area contributed by atoms with E-state index in [1.165, 1.54) is 0 Å². The zero-order valence-corrected chi connectivity index (χ0v) is 9.94. The Morgan fingerprint density at radius 2 is 1.71 bits per heavy atom. The maximum Gasteiger partial charge on any atom is 0.153 e. The second kappa shape index (κ2) is 4.78. The zero-order valence-electron chi connectivity index (χ0n) is 9.94. The molecule has 0 fully saturated rings. The van der Waals surface area contributed by atoms with E-state index in [2.05, 4.69) is 0 Å². The summed E-state index contributed by atoms with van der Waals surface area (Å²) in [6.45, 7) is 1.96. The summed E-state index contributed by atoms with van der Waals surface area (Å²) in [6.07, 6.45) is 0. The van der Waals surface area contributed by atoms with Crippen molar-refractivity contribution in [1.29, 1.82) is 0 Å². The van der Waals surface area contributed by atoms with Crippen LogP contribution in [0.5, 0.6) is 17.2 Å². The van der Waals surface area contributed by atoms with E-state index in [4.69, 9.17) is 15.2 Å². The highest BCUT2D eigenvalue weighted by molar-refractivity contribution is 5.57. The van der Waals surface area contributed by atoms with E-state index < -0.39 is 0 Å². The van der Waals surface area contributed by atoms with Gasteiger partial charge >= 0.3 is 0 Å². The lowest BCUT2D eigenvalue weighted by Gasteiger charge is -2.11. The monoisotopic (exact) mass is 229 g/mol. The quantitative estimate of drug-likeness (QED) is 0.820. The third-order valence-corrected chi connectivity index (χ3v) is 2.50. The minimum Gasteiger partial charge on any atom is -0.497 e. The van der Waals surface area contributed by atoms with Crippen LogP contribution in [-0.2, 0) is 0 Å². The highest BCUT2D eigenvalue weighted by atomic mass is 16.5. The Balaban J connectivity index is 2.31. The molecule has 0 amide bonds. The number of aryl methyl sites for hydroxylation is 1. The van der Waals surface area contributed by atoms with Crippen molar-refractivity contribution in [2.45, 2.75) is 6.92 Å². The molecular weight excluding hydrogens is 214 g/mol. The number of anilines is 1. The molecule has 0 radical (unpaired) electrons. The number of hydrogen-bond donors (Lipinski definition) is 1. The topological polar surface area (TPSA) is 44.5 Å². The van der Waals surface area contributed by atoms with Crippen LogP contribution in [-0.4, -0.2) is 7.11 Å². The number of benzene rings is 2. The molecule has 0 bridgehead atoms. The third-order valence-electron chi connectivity index (χ3n) is 2.50. The molecule has 0 aliphatic heterocycles. The molecule has 17 heavy (non-hydrogen) atoms. The van der Waals surface area contributed by atoms with Gasteiger partial charge in [-0.25, -0.2) is 0 Å². The molecule has 0 atom stereocenters. The van der Waals surface area contributed by atoms with Crippen LogP contribution in [0.1, 0.15) is 5.56 Å². The molecule has 0 saturated heterocycles. The van der Waals surface area contributed by atoms with E-state index in [0.717, 1.165) is 11.3 Å². The fraction of sp³-hybridized carbons (Fsp3) is 0.143. The molecule has 2 aromatic carbocycles. The molecule has 2 rings (SSSR count). The molecule has 0 heterocycles. The van der Waals surface area contributed by atoms with Crippen molar-refractivity contribution < 1.29 is 9.47 Å². The molecular formula is C14H15NO2. The summed E-state index contributed by atoms with van der Waals surface area (Å²) in [5.74, 6) is 2.17. The largest absolute Gasteiger partial charge is 0.497 e. The first-order valence-corrected chi connectivity index (χ1v) is 5.37. The van der Waals surface area contributed by atoms with Gasteiger partial charge in [-0.15, -0.1) is 0 Å². The smallest absolute Gasteiger partial charge is 0.153 e. The van der Waals surface area contributed by atoms with Crippen molar-refractivity contribution in [2.24, 2.45) is 0 Å². The van der Waals surface area contributed by atoms with Gasteiger partial charge in [0.25, 0.3) is 0 Å². The van der Waals surface area contributed by atoms with E-state index in [1.54, 1.807) is 7.11 Å². The summed E-state index contributed by atoms with van der Waals surface area (Å²) >= 11 is 0. The first-order chi connectivity index (χ1) is 8.20. The van der Waals surface area contributed by atoms with E-state index >= 15 is 0 Å². The molecule has 3 nitrogen and oxygen atoms in total. The lowest BCUT2D eigenvalue weighted by atomic mass is 10.2.